The zero-order chi connectivity index (χ0) is 20.6. The van der Waals surface area contributed by atoms with Gasteiger partial charge in [0.15, 0.2) is 0 Å². The van der Waals surface area contributed by atoms with Gasteiger partial charge in [-0.25, -0.2) is 0 Å². The first-order valence-electron chi connectivity index (χ1n) is 8.92. The van der Waals surface area contributed by atoms with Crippen LogP contribution in [0.4, 0.5) is 5.69 Å². The fourth-order valence-corrected chi connectivity index (χ4v) is 2.70. The molecule has 0 bridgehead atoms. The maximum Gasteiger partial charge on any atom is 0.259 e. The molecule has 0 atom stereocenters. The molecule has 7 nitrogen and oxygen atoms in total. The lowest BCUT2D eigenvalue weighted by molar-refractivity contribution is 0.0949. The fourth-order valence-electron chi connectivity index (χ4n) is 2.70. The summed E-state index contributed by atoms with van der Waals surface area (Å²) in [5.41, 5.74) is 2.01. The van der Waals surface area contributed by atoms with E-state index in [4.69, 9.17) is 9.47 Å². The van der Waals surface area contributed by atoms with Gasteiger partial charge in [0.2, 0.25) is 0 Å². The van der Waals surface area contributed by atoms with Gasteiger partial charge in [-0.05, 0) is 48.5 Å². The number of rotatable bonds is 7. The van der Waals surface area contributed by atoms with E-state index in [1.165, 1.54) is 14.2 Å². The van der Waals surface area contributed by atoms with E-state index in [1.54, 1.807) is 48.7 Å². The monoisotopic (exact) mass is 391 g/mol. The van der Waals surface area contributed by atoms with Gasteiger partial charge in [0.1, 0.15) is 11.5 Å². The Labute approximate surface area is 168 Å². The Morgan fingerprint density at radius 1 is 0.931 bits per heavy atom. The first-order chi connectivity index (χ1) is 14.1. The van der Waals surface area contributed by atoms with Crippen molar-refractivity contribution in [2.75, 3.05) is 19.5 Å². The number of nitrogens with one attached hydrogen (secondary N) is 2. The molecular formula is C22H21N3O4. The van der Waals surface area contributed by atoms with Crippen molar-refractivity contribution in [3.63, 3.8) is 0 Å². The fraction of sp³-hybridized carbons (Fsp3) is 0.136. The Balaban J connectivity index is 1.71. The van der Waals surface area contributed by atoms with Crippen molar-refractivity contribution in [2.24, 2.45) is 0 Å². The van der Waals surface area contributed by atoms with Crippen molar-refractivity contribution in [1.29, 1.82) is 0 Å². The lowest BCUT2D eigenvalue weighted by Crippen LogP contribution is -2.23. The van der Waals surface area contributed by atoms with Crippen LogP contribution in [0.2, 0.25) is 0 Å². The van der Waals surface area contributed by atoms with Crippen LogP contribution in [0.5, 0.6) is 11.5 Å². The molecule has 0 saturated carbocycles. The summed E-state index contributed by atoms with van der Waals surface area (Å²) in [5.74, 6) is 0.337. The number of pyridine rings is 1. The lowest BCUT2D eigenvalue weighted by atomic mass is 10.1. The van der Waals surface area contributed by atoms with Crippen LogP contribution in [0.3, 0.4) is 0 Å². The van der Waals surface area contributed by atoms with Gasteiger partial charge in [-0.15, -0.1) is 0 Å². The summed E-state index contributed by atoms with van der Waals surface area (Å²) in [6.45, 7) is 0.317. The number of carbonyl (C=O) groups is 2. The highest BCUT2D eigenvalue weighted by molar-refractivity contribution is 6.07. The predicted molar refractivity (Wildman–Crippen MR) is 109 cm³/mol. The molecule has 3 aromatic rings. The maximum absolute atomic E-state index is 12.7. The van der Waals surface area contributed by atoms with E-state index in [1.807, 2.05) is 18.2 Å². The van der Waals surface area contributed by atoms with Crippen molar-refractivity contribution in [1.82, 2.24) is 10.3 Å². The van der Waals surface area contributed by atoms with Crippen LogP contribution >= 0.6 is 0 Å². The summed E-state index contributed by atoms with van der Waals surface area (Å²) in [6.07, 6.45) is 1.67. The molecule has 1 heterocycles. The molecule has 0 radical (unpaired) electrons. The standard InChI is InChI=1S/C22H21N3O4/c1-28-18-9-10-20(29-2)19(13-18)22(27)25-16-8-5-6-15(12-16)21(26)24-14-17-7-3-4-11-23-17/h3-13H,14H2,1-2H3,(H,24,26)(H,25,27). The minimum atomic E-state index is -0.369. The van der Waals surface area contributed by atoms with E-state index in [0.29, 0.717) is 34.9 Å². The van der Waals surface area contributed by atoms with Crippen molar-refractivity contribution in [3.8, 4) is 11.5 Å². The van der Waals surface area contributed by atoms with E-state index >= 15 is 0 Å². The van der Waals surface area contributed by atoms with Crippen LogP contribution in [-0.4, -0.2) is 31.0 Å². The molecular weight excluding hydrogens is 370 g/mol. The van der Waals surface area contributed by atoms with Gasteiger partial charge in [0.25, 0.3) is 11.8 Å². The summed E-state index contributed by atoms with van der Waals surface area (Å²) < 4.78 is 10.4. The molecule has 2 amide bonds. The van der Waals surface area contributed by atoms with Gasteiger partial charge in [-0.3, -0.25) is 14.6 Å². The molecule has 0 fully saturated rings. The highest BCUT2D eigenvalue weighted by atomic mass is 16.5. The van der Waals surface area contributed by atoms with E-state index in [2.05, 4.69) is 15.6 Å². The first-order valence-corrected chi connectivity index (χ1v) is 8.92. The Morgan fingerprint density at radius 3 is 2.52 bits per heavy atom. The molecule has 0 aliphatic rings. The highest BCUT2D eigenvalue weighted by Gasteiger charge is 2.15. The summed E-state index contributed by atoms with van der Waals surface area (Å²) in [7, 11) is 3.02. The number of nitrogens with zero attached hydrogens (tertiary/aromatic N) is 1. The van der Waals surface area contributed by atoms with Gasteiger partial charge in [0, 0.05) is 17.4 Å². The zero-order valence-corrected chi connectivity index (χ0v) is 16.1. The van der Waals surface area contributed by atoms with E-state index < -0.39 is 0 Å². The average molecular weight is 391 g/mol. The van der Waals surface area contributed by atoms with Crippen LogP contribution in [0.25, 0.3) is 0 Å². The maximum atomic E-state index is 12.7. The molecule has 0 aliphatic carbocycles. The molecule has 0 saturated heterocycles. The highest BCUT2D eigenvalue weighted by Crippen LogP contribution is 2.25. The van der Waals surface area contributed by atoms with E-state index in [9.17, 15) is 9.59 Å². The summed E-state index contributed by atoms with van der Waals surface area (Å²) >= 11 is 0. The van der Waals surface area contributed by atoms with E-state index in [0.717, 1.165) is 5.69 Å². The zero-order valence-electron chi connectivity index (χ0n) is 16.1. The topological polar surface area (TPSA) is 89.5 Å². The molecule has 29 heavy (non-hydrogen) atoms. The third-order valence-corrected chi connectivity index (χ3v) is 4.19. The first kappa shape index (κ1) is 19.9. The molecule has 0 unspecified atom stereocenters. The number of aromatic nitrogens is 1. The molecule has 0 aliphatic heterocycles. The Hall–Kier alpha value is -3.87. The second-order valence-corrected chi connectivity index (χ2v) is 6.10. The average Bonchev–Trinajstić information content (AvgIpc) is 2.77. The number of ether oxygens (including phenoxy) is 2. The summed E-state index contributed by atoms with van der Waals surface area (Å²) in [5, 5.41) is 5.60. The van der Waals surface area contributed by atoms with Gasteiger partial charge in [-0.2, -0.15) is 0 Å². The Bertz CT molecular complexity index is 1010. The predicted octanol–water partition coefficient (Wildman–Crippen LogP) is 3.28. The molecule has 3 rings (SSSR count). The third-order valence-electron chi connectivity index (χ3n) is 4.19. The van der Waals surface area contributed by atoms with Gasteiger partial charge in [-0.1, -0.05) is 12.1 Å². The number of methoxy groups -OCH3 is 2. The summed E-state index contributed by atoms with van der Waals surface area (Å²) in [6, 6.07) is 17.2. The van der Waals surface area contributed by atoms with Crippen molar-refractivity contribution in [3.05, 3.63) is 83.7 Å². The number of hydrogen-bond donors (Lipinski definition) is 2. The van der Waals surface area contributed by atoms with Crippen molar-refractivity contribution in [2.45, 2.75) is 6.54 Å². The number of hydrogen-bond acceptors (Lipinski definition) is 5. The quantitative estimate of drug-likeness (QED) is 0.645. The van der Waals surface area contributed by atoms with Crippen LogP contribution < -0.4 is 20.1 Å². The second-order valence-electron chi connectivity index (χ2n) is 6.10. The molecule has 0 spiro atoms. The third kappa shape index (κ3) is 5.10. The van der Waals surface area contributed by atoms with Crippen molar-refractivity contribution >= 4 is 17.5 Å². The molecule has 148 valence electrons. The SMILES string of the molecule is COc1ccc(OC)c(C(=O)Nc2cccc(C(=O)NCc3ccccn3)c2)c1. The lowest BCUT2D eigenvalue weighted by Gasteiger charge is -2.12. The van der Waals surface area contributed by atoms with Crippen LogP contribution in [0.1, 0.15) is 26.4 Å². The molecule has 2 aromatic carbocycles. The largest absolute Gasteiger partial charge is 0.497 e. The van der Waals surface area contributed by atoms with Crippen LogP contribution in [0.15, 0.2) is 66.9 Å². The van der Waals surface area contributed by atoms with Gasteiger partial charge < -0.3 is 20.1 Å². The van der Waals surface area contributed by atoms with Gasteiger partial charge >= 0.3 is 0 Å². The normalized spacial score (nSPS) is 10.1. The Morgan fingerprint density at radius 2 is 1.79 bits per heavy atom. The Kier molecular flexibility index (Phi) is 6.42. The number of carbonyl (C=O) groups excluding carboxylic acids is 2. The van der Waals surface area contributed by atoms with Crippen LogP contribution in [0, 0.1) is 0 Å². The smallest absolute Gasteiger partial charge is 0.259 e. The summed E-state index contributed by atoms with van der Waals surface area (Å²) in [4.78, 5) is 29.3. The van der Waals surface area contributed by atoms with Crippen molar-refractivity contribution < 1.29 is 19.1 Å². The number of amides is 2. The number of benzene rings is 2. The molecule has 2 N–H and O–H groups in total. The minimum absolute atomic E-state index is 0.259. The van der Waals surface area contributed by atoms with E-state index in [-0.39, 0.29) is 11.8 Å². The molecule has 7 heteroatoms. The van der Waals surface area contributed by atoms with Crippen LogP contribution in [-0.2, 0) is 6.54 Å². The second kappa shape index (κ2) is 9.36. The molecule has 1 aromatic heterocycles. The van der Waals surface area contributed by atoms with Gasteiger partial charge in [0.05, 0.1) is 32.0 Å². The number of anilines is 1. The minimum Gasteiger partial charge on any atom is -0.497 e.